The molecule has 78 valence electrons. The predicted molar refractivity (Wildman–Crippen MR) is 61.4 cm³/mol. The minimum absolute atomic E-state index is 0.0261. The standard InChI is InChI=1S/C12H11ClO2/c1-15-10-5-9-3-2-8(7-14)4-11(9)12(13)6-10/h2-6,14H,7H2,1H3. The molecule has 2 aromatic rings. The molecular weight excluding hydrogens is 212 g/mol. The number of rotatable bonds is 2. The van der Waals surface area contributed by atoms with Crippen molar-refractivity contribution in [2.75, 3.05) is 7.11 Å². The van der Waals surface area contributed by atoms with Crippen LogP contribution in [0.3, 0.4) is 0 Å². The van der Waals surface area contributed by atoms with Crippen molar-refractivity contribution in [2.24, 2.45) is 0 Å². The third-order valence-corrected chi connectivity index (χ3v) is 2.67. The monoisotopic (exact) mass is 222 g/mol. The zero-order valence-electron chi connectivity index (χ0n) is 8.33. The molecule has 0 spiro atoms. The maximum atomic E-state index is 9.02. The lowest BCUT2D eigenvalue weighted by Gasteiger charge is -2.06. The van der Waals surface area contributed by atoms with Crippen molar-refractivity contribution >= 4 is 22.4 Å². The lowest BCUT2D eigenvalue weighted by molar-refractivity contribution is 0.282. The highest BCUT2D eigenvalue weighted by atomic mass is 35.5. The number of hydrogen-bond acceptors (Lipinski definition) is 2. The largest absolute Gasteiger partial charge is 0.497 e. The second kappa shape index (κ2) is 4.09. The third-order valence-electron chi connectivity index (χ3n) is 2.36. The van der Waals surface area contributed by atoms with E-state index >= 15 is 0 Å². The van der Waals surface area contributed by atoms with Gasteiger partial charge in [0.15, 0.2) is 0 Å². The molecule has 0 atom stereocenters. The fraction of sp³-hybridized carbons (Fsp3) is 0.167. The smallest absolute Gasteiger partial charge is 0.120 e. The summed E-state index contributed by atoms with van der Waals surface area (Å²) in [4.78, 5) is 0. The fourth-order valence-corrected chi connectivity index (χ4v) is 1.82. The van der Waals surface area contributed by atoms with Crippen LogP contribution in [-0.2, 0) is 6.61 Å². The highest BCUT2D eigenvalue weighted by Gasteiger charge is 2.03. The molecule has 3 heteroatoms. The maximum absolute atomic E-state index is 9.02. The number of halogens is 1. The van der Waals surface area contributed by atoms with Crippen LogP contribution in [0, 0.1) is 0 Å². The molecule has 2 rings (SSSR count). The van der Waals surface area contributed by atoms with Gasteiger partial charge in [0.05, 0.1) is 18.7 Å². The first kappa shape index (κ1) is 10.3. The van der Waals surface area contributed by atoms with Crippen molar-refractivity contribution in [3.63, 3.8) is 0 Å². The molecule has 0 aliphatic rings. The summed E-state index contributed by atoms with van der Waals surface area (Å²) in [5.74, 6) is 0.740. The molecule has 0 fully saturated rings. The van der Waals surface area contributed by atoms with Crippen LogP contribution in [0.5, 0.6) is 5.75 Å². The van der Waals surface area contributed by atoms with Crippen molar-refractivity contribution in [3.05, 3.63) is 40.9 Å². The summed E-state index contributed by atoms with van der Waals surface area (Å²) in [6.07, 6.45) is 0. The molecule has 0 aliphatic heterocycles. The molecule has 0 aromatic heterocycles. The summed E-state index contributed by atoms with van der Waals surface area (Å²) < 4.78 is 5.13. The summed E-state index contributed by atoms with van der Waals surface area (Å²) in [7, 11) is 1.61. The number of aliphatic hydroxyl groups excluding tert-OH is 1. The molecule has 0 radical (unpaired) electrons. The Kier molecular flexibility index (Phi) is 2.80. The summed E-state index contributed by atoms with van der Waals surface area (Å²) in [6, 6.07) is 9.37. The van der Waals surface area contributed by atoms with E-state index in [1.807, 2.05) is 24.3 Å². The van der Waals surface area contributed by atoms with Gasteiger partial charge in [-0.05, 0) is 29.1 Å². The van der Waals surface area contributed by atoms with Crippen LogP contribution in [-0.4, -0.2) is 12.2 Å². The van der Waals surface area contributed by atoms with Crippen LogP contribution >= 0.6 is 11.6 Å². The lowest BCUT2D eigenvalue weighted by atomic mass is 10.1. The Morgan fingerprint density at radius 2 is 2.07 bits per heavy atom. The molecule has 0 unspecified atom stereocenters. The number of fused-ring (bicyclic) bond motifs is 1. The molecule has 0 amide bonds. The maximum Gasteiger partial charge on any atom is 0.120 e. The molecule has 2 aromatic carbocycles. The third kappa shape index (κ3) is 1.91. The van der Waals surface area contributed by atoms with Gasteiger partial charge >= 0.3 is 0 Å². The van der Waals surface area contributed by atoms with Gasteiger partial charge in [0, 0.05) is 5.39 Å². The van der Waals surface area contributed by atoms with Gasteiger partial charge < -0.3 is 9.84 Å². The molecule has 0 heterocycles. The molecule has 0 saturated heterocycles. The molecule has 0 aliphatic carbocycles. The Bertz CT molecular complexity index is 494. The molecule has 0 bridgehead atoms. The minimum atomic E-state index is 0.0261. The van der Waals surface area contributed by atoms with E-state index < -0.39 is 0 Å². The van der Waals surface area contributed by atoms with Gasteiger partial charge in [0.1, 0.15) is 5.75 Å². The van der Waals surface area contributed by atoms with Crippen molar-refractivity contribution < 1.29 is 9.84 Å². The van der Waals surface area contributed by atoms with Crippen LogP contribution < -0.4 is 4.74 Å². The zero-order valence-corrected chi connectivity index (χ0v) is 9.08. The van der Waals surface area contributed by atoms with E-state index in [0.29, 0.717) is 5.02 Å². The minimum Gasteiger partial charge on any atom is -0.497 e. The van der Waals surface area contributed by atoms with E-state index in [0.717, 1.165) is 22.1 Å². The summed E-state index contributed by atoms with van der Waals surface area (Å²) in [6.45, 7) is 0.0261. The Balaban J connectivity index is 2.68. The number of aliphatic hydroxyl groups is 1. The Hall–Kier alpha value is -1.25. The highest BCUT2D eigenvalue weighted by molar-refractivity contribution is 6.35. The van der Waals surface area contributed by atoms with Gasteiger partial charge in [-0.1, -0.05) is 23.7 Å². The van der Waals surface area contributed by atoms with E-state index in [1.165, 1.54) is 0 Å². The van der Waals surface area contributed by atoms with Crippen LogP contribution in [0.15, 0.2) is 30.3 Å². The van der Waals surface area contributed by atoms with Crippen molar-refractivity contribution in [1.29, 1.82) is 0 Å². The van der Waals surface area contributed by atoms with Crippen LogP contribution in [0.1, 0.15) is 5.56 Å². The molecule has 0 saturated carbocycles. The quantitative estimate of drug-likeness (QED) is 0.847. The van der Waals surface area contributed by atoms with Crippen molar-refractivity contribution in [2.45, 2.75) is 6.61 Å². The van der Waals surface area contributed by atoms with Gasteiger partial charge in [0.25, 0.3) is 0 Å². The number of benzene rings is 2. The normalized spacial score (nSPS) is 10.6. The number of ether oxygens (including phenoxy) is 1. The first-order chi connectivity index (χ1) is 7.24. The van der Waals surface area contributed by atoms with E-state index in [2.05, 4.69) is 0 Å². The van der Waals surface area contributed by atoms with E-state index in [4.69, 9.17) is 21.4 Å². The van der Waals surface area contributed by atoms with Gasteiger partial charge in [-0.25, -0.2) is 0 Å². The van der Waals surface area contributed by atoms with Crippen molar-refractivity contribution in [3.8, 4) is 5.75 Å². The first-order valence-electron chi connectivity index (χ1n) is 4.61. The SMILES string of the molecule is COc1cc(Cl)c2cc(CO)ccc2c1. The van der Waals surface area contributed by atoms with Gasteiger partial charge in [-0.2, -0.15) is 0 Å². The zero-order chi connectivity index (χ0) is 10.8. The Labute approximate surface area is 93.1 Å². The fourth-order valence-electron chi connectivity index (χ4n) is 1.55. The Morgan fingerprint density at radius 3 is 2.73 bits per heavy atom. The number of hydrogen-bond donors (Lipinski definition) is 1. The summed E-state index contributed by atoms with van der Waals surface area (Å²) in [5, 5.41) is 11.6. The molecule has 15 heavy (non-hydrogen) atoms. The van der Waals surface area contributed by atoms with Gasteiger partial charge in [-0.15, -0.1) is 0 Å². The lowest BCUT2D eigenvalue weighted by Crippen LogP contribution is -1.86. The van der Waals surface area contributed by atoms with Crippen LogP contribution in [0.4, 0.5) is 0 Å². The van der Waals surface area contributed by atoms with Crippen molar-refractivity contribution in [1.82, 2.24) is 0 Å². The average molecular weight is 223 g/mol. The summed E-state index contributed by atoms with van der Waals surface area (Å²) >= 11 is 6.11. The molecular formula is C12H11ClO2. The average Bonchev–Trinajstić information content (AvgIpc) is 2.28. The molecule has 1 N–H and O–H groups in total. The topological polar surface area (TPSA) is 29.5 Å². The molecule has 2 nitrogen and oxygen atoms in total. The summed E-state index contributed by atoms with van der Waals surface area (Å²) in [5.41, 5.74) is 0.856. The second-order valence-corrected chi connectivity index (χ2v) is 3.73. The van der Waals surface area contributed by atoms with E-state index in [1.54, 1.807) is 13.2 Å². The van der Waals surface area contributed by atoms with Gasteiger partial charge in [0.2, 0.25) is 0 Å². The van der Waals surface area contributed by atoms with Crippen LogP contribution in [0.2, 0.25) is 5.02 Å². The van der Waals surface area contributed by atoms with Gasteiger partial charge in [-0.3, -0.25) is 0 Å². The highest BCUT2D eigenvalue weighted by Crippen LogP contribution is 2.29. The Morgan fingerprint density at radius 1 is 1.27 bits per heavy atom. The number of methoxy groups -OCH3 is 1. The van der Waals surface area contributed by atoms with Crippen LogP contribution in [0.25, 0.3) is 10.8 Å². The predicted octanol–water partition coefficient (Wildman–Crippen LogP) is 2.99. The van der Waals surface area contributed by atoms with E-state index in [-0.39, 0.29) is 6.61 Å². The van der Waals surface area contributed by atoms with E-state index in [9.17, 15) is 0 Å². The second-order valence-electron chi connectivity index (χ2n) is 3.32. The first-order valence-corrected chi connectivity index (χ1v) is 4.99.